The Morgan fingerprint density at radius 3 is 2.68 bits per heavy atom. The standard InChI is InChI=1S/C22H25BO5/c1-3-25-22(24)19-10-8-18(13-21(19)28-16-6-4-5-7-16)27-17-9-11-20-15(12-17)14-26-23(20)2/h8-13,16H,3-7,14H2,1-2H3. The predicted molar refractivity (Wildman–Crippen MR) is 108 cm³/mol. The highest BCUT2D eigenvalue weighted by Crippen LogP contribution is 2.33. The van der Waals surface area contributed by atoms with Gasteiger partial charge >= 0.3 is 12.9 Å². The van der Waals surface area contributed by atoms with Crippen LogP contribution < -0.4 is 14.9 Å². The molecule has 28 heavy (non-hydrogen) atoms. The Kier molecular flexibility index (Phi) is 5.58. The smallest absolute Gasteiger partial charge is 0.341 e. The summed E-state index contributed by atoms with van der Waals surface area (Å²) < 4.78 is 23.0. The van der Waals surface area contributed by atoms with Crippen molar-refractivity contribution in [2.24, 2.45) is 0 Å². The molecule has 0 aromatic heterocycles. The first-order chi connectivity index (χ1) is 13.6. The van der Waals surface area contributed by atoms with Gasteiger partial charge in [-0.3, -0.25) is 0 Å². The third-order valence-electron chi connectivity index (χ3n) is 5.32. The van der Waals surface area contributed by atoms with E-state index in [1.807, 2.05) is 25.0 Å². The van der Waals surface area contributed by atoms with Crippen LogP contribution in [0.5, 0.6) is 17.2 Å². The van der Waals surface area contributed by atoms with E-state index in [0.717, 1.165) is 37.0 Å². The molecule has 0 amide bonds. The van der Waals surface area contributed by atoms with Crippen molar-refractivity contribution >= 4 is 18.3 Å². The van der Waals surface area contributed by atoms with Gasteiger partial charge in [-0.05, 0) is 67.9 Å². The number of hydrogen-bond donors (Lipinski definition) is 0. The van der Waals surface area contributed by atoms with Crippen LogP contribution in [0.25, 0.3) is 0 Å². The fraction of sp³-hybridized carbons (Fsp3) is 0.409. The molecule has 1 fully saturated rings. The van der Waals surface area contributed by atoms with E-state index in [2.05, 4.69) is 0 Å². The van der Waals surface area contributed by atoms with E-state index in [1.54, 1.807) is 25.1 Å². The number of rotatable bonds is 6. The second-order valence-electron chi connectivity index (χ2n) is 7.32. The Bertz CT molecular complexity index is 860. The van der Waals surface area contributed by atoms with Crippen molar-refractivity contribution in [1.29, 1.82) is 0 Å². The number of esters is 1. The molecule has 4 rings (SSSR count). The molecule has 5 nitrogen and oxygen atoms in total. The van der Waals surface area contributed by atoms with Gasteiger partial charge in [0.05, 0.1) is 19.3 Å². The third kappa shape index (κ3) is 4.02. The number of benzene rings is 2. The third-order valence-corrected chi connectivity index (χ3v) is 5.32. The molecule has 0 bridgehead atoms. The van der Waals surface area contributed by atoms with E-state index in [4.69, 9.17) is 18.9 Å². The molecule has 2 aromatic rings. The van der Waals surface area contributed by atoms with Crippen molar-refractivity contribution in [2.75, 3.05) is 6.61 Å². The maximum atomic E-state index is 12.3. The molecule has 1 aliphatic carbocycles. The van der Waals surface area contributed by atoms with Crippen molar-refractivity contribution < 1.29 is 23.7 Å². The number of ether oxygens (including phenoxy) is 3. The summed E-state index contributed by atoms with van der Waals surface area (Å²) in [4.78, 5) is 12.3. The van der Waals surface area contributed by atoms with Crippen LogP contribution >= 0.6 is 0 Å². The van der Waals surface area contributed by atoms with Gasteiger partial charge in [-0.1, -0.05) is 12.9 Å². The molecule has 0 unspecified atom stereocenters. The topological polar surface area (TPSA) is 54.0 Å². The van der Waals surface area contributed by atoms with Crippen LogP contribution in [-0.2, 0) is 16.0 Å². The highest BCUT2D eigenvalue weighted by atomic mass is 16.5. The first-order valence-corrected chi connectivity index (χ1v) is 10.0. The highest BCUT2D eigenvalue weighted by Gasteiger charge is 2.24. The van der Waals surface area contributed by atoms with Gasteiger partial charge in [-0.15, -0.1) is 0 Å². The van der Waals surface area contributed by atoms with Gasteiger partial charge in [0.2, 0.25) is 0 Å². The summed E-state index contributed by atoms with van der Waals surface area (Å²) in [5.41, 5.74) is 2.79. The molecule has 0 N–H and O–H groups in total. The maximum Gasteiger partial charge on any atom is 0.341 e. The highest BCUT2D eigenvalue weighted by molar-refractivity contribution is 6.67. The zero-order valence-electron chi connectivity index (χ0n) is 16.4. The predicted octanol–water partition coefficient (Wildman–Crippen LogP) is 4.34. The summed E-state index contributed by atoms with van der Waals surface area (Å²) in [5.74, 6) is 1.53. The van der Waals surface area contributed by atoms with Crippen LogP contribution in [0.4, 0.5) is 0 Å². The first kappa shape index (κ1) is 18.9. The van der Waals surface area contributed by atoms with Gasteiger partial charge in [0.1, 0.15) is 22.8 Å². The minimum Gasteiger partial charge on any atom is -0.489 e. The van der Waals surface area contributed by atoms with E-state index in [-0.39, 0.29) is 19.0 Å². The van der Waals surface area contributed by atoms with Crippen molar-refractivity contribution in [2.45, 2.75) is 52.1 Å². The molecule has 2 aliphatic rings. The molecule has 1 heterocycles. The van der Waals surface area contributed by atoms with Crippen LogP contribution in [0.1, 0.15) is 48.5 Å². The van der Waals surface area contributed by atoms with Gasteiger partial charge in [0.25, 0.3) is 0 Å². The molecule has 146 valence electrons. The molecule has 6 heteroatoms. The largest absolute Gasteiger partial charge is 0.489 e. The maximum absolute atomic E-state index is 12.3. The fourth-order valence-corrected chi connectivity index (χ4v) is 3.83. The lowest BCUT2D eigenvalue weighted by atomic mass is 9.64. The summed E-state index contributed by atoms with van der Waals surface area (Å²) in [6, 6.07) is 11.3. The van der Waals surface area contributed by atoms with Crippen molar-refractivity contribution in [1.82, 2.24) is 0 Å². The zero-order valence-corrected chi connectivity index (χ0v) is 16.4. The molecule has 2 aromatic carbocycles. The lowest BCUT2D eigenvalue weighted by Gasteiger charge is -2.17. The molecular weight excluding hydrogens is 355 g/mol. The van der Waals surface area contributed by atoms with Gasteiger partial charge in [0, 0.05) is 6.07 Å². The second kappa shape index (κ2) is 8.27. The first-order valence-electron chi connectivity index (χ1n) is 10.0. The van der Waals surface area contributed by atoms with Gasteiger partial charge < -0.3 is 18.9 Å². The number of carbonyl (C=O) groups excluding carboxylic acids is 1. The van der Waals surface area contributed by atoms with E-state index in [1.165, 1.54) is 5.46 Å². The van der Waals surface area contributed by atoms with Crippen LogP contribution in [0.15, 0.2) is 36.4 Å². The van der Waals surface area contributed by atoms with Gasteiger partial charge in [0.15, 0.2) is 0 Å². The molecule has 1 saturated carbocycles. The number of carbonyl (C=O) groups is 1. The molecule has 0 atom stereocenters. The van der Waals surface area contributed by atoms with Crippen LogP contribution in [0, 0.1) is 0 Å². The minimum atomic E-state index is -0.370. The monoisotopic (exact) mass is 380 g/mol. The molecule has 0 radical (unpaired) electrons. The average Bonchev–Trinajstić information content (AvgIpc) is 3.32. The lowest BCUT2D eigenvalue weighted by Crippen LogP contribution is -2.23. The average molecular weight is 380 g/mol. The summed E-state index contributed by atoms with van der Waals surface area (Å²) in [5, 5.41) is 0. The Balaban J connectivity index is 1.57. The molecule has 0 spiro atoms. The molecular formula is C22H25BO5. The molecule has 0 saturated heterocycles. The summed E-state index contributed by atoms with van der Waals surface area (Å²) in [6.45, 7) is 4.90. The van der Waals surface area contributed by atoms with Gasteiger partial charge in [-0.2, -0.15) is 0 Å². The Morgan fingerprint density at radius 1 is 1.14 bits per heavy atom. The van der Waals surface area contributed by atoms with E-state index in [9.17, 15) is 4.79 Å². The lowest BCUT2D eigenvalue weighted by molar-refractivity contribution is 0.0519. The van der Waals surface area contributed by atoms with E-state index >= 15 is 0 Å². The van der Waals surface area contributed by atoms with Crippen LogP contribution in [0.2, 0.25) is 6.82 Å². The summed E-state index contributed by atoms with van der Waals surface area (Å²) >= 11 is 0. The van der Waals surface area contributed by atoms with E-state index in [0.29, 0.717) is 30.3 Å². The zero-order chi connectivity index (χ0) is 19.5. The number of fused-ring (bicyclic) bond motifs is 1. The second-order valence-corrected chi connectivity index (χ2v) is 7.32. The molecule has 1 aliphatic heterocycles. The minimum absolute atomic E-state index is 0.124. The fourth-order valence-electron chi connectivity index (χ4n) is 3.83. The van der Waals surface area contributed by atoms with Crippen LogP contribution in [-0.4, -0.2) is 25.6 Å². The van der Waals surface area contributed by atoms with E-state index < -0.39 is 0 Å². The number of hydrogen-bond acceptors (Lipinski definition) is 5. The van der Waals surface area contributed by atoms with Crippen molar-refractivity contribution in [3.8, 4) is 17.2 Å². The SMILES string of the molecule is CCOC(=O)c1ccc(Oc2ccc3c(c2)COB3C)cc1OC1CCCC1. The summed E-state index contributed by atoms with van der Waals surface area (Å²) in [6.07, 6.45) is 4.48. The Morgan fingerprint density at radius 2 is 1.89 bits per heavy atom. The van der Waals surface area contributed by atoms with Crippen LogP contribution in [0.3, 0.4) is 0 Å². The quantitative estimate of drug-likeness (QED) is 0.551. The Labute approximate surface area is 166 Å². The van der Waals surface area contributed by atoms with Crippen molar-refractivity contribution in [3.05, 3.63) is 47.5 Å². The van der Waals surface area contributed by atoms with Gasteiger partial charge in [-0.25, -0.2) is 4.79 Å². The normalized spacial score (nSPS) is 16.1. The van der Waals surface area contributed by atoms with Crippen molar-refractivity contribution in [3.63, 3.8) is 0 Å². The summed E-state index contributed by atoms with van der Waals surface area (Å²) in [7, 11) is 0. The Hall–Kier alpha value is -2.47.